The number of benzene rings is 2. The standard InChI is InChI=1S/C24H32N2O4S/c1-5-22(19-8-6-17(2)7-9-19)25-31(28,29)20-10-11-23(30-4)21(16-20)24(27)26-14-12-18(3)13-15-26/h6-11,16,18,22,25H,5,12-15H2,1-4H3/t22-/m1/s1. The van der Waals surface area contributed by atoms with E-state index in [2.05, 4.69) is 11.6 Å². The second-order valence-electron chi connectivity index (χ2n) is 8.33. The molecule has 0 aliphatic carbocycles. The first-order chi connectivity index (χ1) is 14.7. The molecule has 0 aromatic heterocycles. The number of nitrogens with one attached hydrogen (secondary N) is 1. The summed E-state index contributed by atoms with van der Waals surface area (Å²) >= 11 is 0. The van der Waals surface area contributed by atoms with E-state index in [4.69, 9.17) is 4.74 Å². The van der Waals surface area contributed by atoms with Crippen LogP contribution in [-0.4, -0.2) is 39.4 Å². The predicted molar refractivity (Wildman–Crippen MR) is 122 cm³/mol. The van der Waals surface area contributed by atoms with Crippen molar-refractivity contribution in [3.63, 3.8) is 0 Å². The molecule has 1 heterocycles. The lowest BCUT2D eigenvalue weighted by atomic mass is 9.98. The molecule has 2 aromatic carbocycles. The number of hydrogen-bond acceptors (Lipinski definition) is 4. The van der Waals surface area contributed by atoms with Gasteiger partial charge >= 0.3 is 0 Å². The number of rotatable bonds is 7. The average Bonchev–Trinajstić information content (AvgIpc) is 2.77. The maximum absolute atomic E-state index is 13.2. The minimum atomic E-state index is -3.83. The quantitative estimate of drug-likeness (QED) is 0.691. The summed E-state index contributed by atoms with van der Waals surface area (Å²) < 4.78 is 34.5. The average molecular weight is 445 g/mol. The number of aryl methyl sites for hydroxylation is 1. The largest absolute Gasteiger partial charge is 0.496 e. The molecule has 3 rings (SSSR count). The van der Waals surface area contributed by atoms with Crippen LogP contribution in [0.15, 0.2) is 47.4 Å². The number of hydrogen-bond donors (Lipinski definition) is 1. The van der Waals surface area contributed by atoms with Gasteiger partial charge in [0, 0.05) is 19.1 Å². The Bertz CT molecular complexity index is 1010. The highest BCUT2D eigenvalue weighted by molar-refractivity contribution is 7.89. The highest BCUT2D eigenvalue weighted by Crippen LogP contribution is 2.27. The van der Waals surface area contributed by atoms with E-state index in [1.807, 2.05) is 38.1 Å². The maximum atomic E-state index is 13.2. The lowest BCUT2D eigenvalue weighted by molar-refractivity contribution is 0.0693. The normalized spacial score (nSPS) is 16.2. The minimum absolute atomic E-state index is 0.0626. The Morgan fingerprint density at radius 1 is 1.16 bits per heavy atom. The Morgan fingerprint density at radius 2 is 1.81 bits per heavy atom. The van der Waals surface area contributed by atoms with Crippen molar-refractivity contribution in [2.24, 2.45) is 5.92 Å². The van der Waals surface area contributed by atoms with Crippen molar-refractivity contribution in [2.75, 3.05) is 20.2 Å². The zero-order valence-electron chi connectivity index (χ0n) is 18.7. The molecular weight excluding hydrogens is 412 g/mol. The molecule has 168 valence electrons. The van der Waals surface area contributed by atoms with Gasteiger partial charge in [-0.3, -0.25) is 4.79 Å². The van der Waals surface area contributed by atoms with E-state index < -0.39 is 10.0 Å². The summed E-state index contributed by atoms with van der Waals surface area (Å²) in [7, 11) is -2.34. The van der Waals surface area contributed by atoms with E-state index in [1.165, 1.54) is 19.2 Å². The first kappa shape index (κ1) is 23.3. The van der Waals surface area contributed by atoms with Crippen molar-refractivity contribution in [2.45, 2.75) is 51.0 Å². The SMILES string of the molecule is CC[C@@H](NS(=O)(=O)c1ccc(OC)c(C(=O)N2CCC(C)CC2)c1)c1ccc(C)cc1. The zero-order valence-corrected chi connectivity index (χ0v) is 19.5. The smallest absolute Gasteiger partial charge is 0.257 e. The summed E-state index contributed by atoms with van der Waals surface area (Å²) in [6, 6.07) is 11.9. The van der Waals surface area contributed by atoms with Crippen molar-refractivity contribution in [3.05, 3.63) is 59.2 Å². The molecule has 1 saturated heterocycles. The summed E-state index contributed by atoms with van der Waals surface area (Å²) in [4.78, 5) is 15.0. The fourth-order valence-corrected chi connectivity index (χ4v) is 5.18. The first-order valence-corrected chi connectivity index (χ1v) is 12.3. The van der Waals surface area contributed by atoms with E-state index in [0.29, 0.717) is 31.2 Å². The van der Waals surface area contributed by atoms with Crippen LogP contribution >= 0.6 is 0 Å². The molecule has 2 aromatic rings. The molecule has 1 fully saturated rings. The number of ether oxygens (including phenoxy) is 1. The number of methoxy groups -OCH3 is 1. The highest BCUT2D eigenvalue weighted by atomic mass is 32.2. The summed E-state index contributed by atoms with van der Waals surface area (Å²) in [5.74, 6) is 0.786. The molecule has 1 aliphatic rings. The lowest BCUT2D eigenvalue weighted by Gasteiger charge is -2.30. The van der Waals surface area contributed by atoms with Crippen molar-refractivity contribution in [1.82, 2.24) is 9.62 Å². The van der Waals surface area contributed by atoms with E-state index in [9.17, 15) is 13.2 Å². The Hall–Kier alpha value is -2.38. The summed E-state index contributed by atoms with van der Waals surface area (Å²) in [6.07, 6.45) is 2.50. The van der Waals surface area contributed by atoms with E-state index in [-0.39, 0.29) is 22.4 Å². The third-order valence-electron chi connectivity index (χ3n) is 5.97. The van der Waals surface area contributed by atoms with E-state index in [0.717, 1.165) is 24.0 Å². The van der Waals surface area contributed by atoms with Crippen LogP contribution in [-0.2, 0) is 10.0 Å². The molecule has 0 radical (unpaired) electrons. The van der Waals surface area contributed by atoms with Crippen LogP contribution in [0.1, 0.15) is 60.6 Å². The molecule has 1 amide bonds. The summed E-state index contributed by atoms with van der Waals surface area (Å²) in [5, 5.41) is 0. The molecule has 0 saturated carbocycles. The van der Waals surface area contributed by atoms with Crippen molar-refractivity contribution >= 4 is 15.9 Å². The van der Waals surface area contributed by atoms with Gasteiger partial charge in [0.2, 0.25) is 10.0 Å². The Labute approximate surface area is 185 Å². The van der Waals surface area contributed by atoms with Gasteiger partial charge in [0.25, 0.3) is 5.91 Å². The van der Waals surface area contributed by atoms with Gasteiger partial charge in [0.05, 0.1) is 17.6 Å². The number of amides is 1. The topological polar surface area (TPSA) is 75.7 Å². The number of carbonyl (C=O) groups excluding carboxylic acids is 1. The van der Waals surface area contributed by atoms with E-state index >= 15 is 0 Å². The van der Waals surface area contributed by atoms with Crippen molar-refractivity contribution in [1.29, 1.82) is 0 Å². The van der Waals surface area contributed by atoms with Crippen LogP contribution in [0.4, 0.5) is 0 Å². The third-order valence-corrected chi connectivity index (χ3v) is 7.44. The van der Waals surface area contributed by atoms with Gasteiger partial charge in [-0.1, -0.05) is 43.7 Å². The minimum Gasteiger partial charge on any atom is -0.496 e. The van der Waals surface area contributed by atoms with Gasteiger partial charge in [-0.05, 0) is 55.9 Å². The molecule has 31 heavy (non-hydrogen) atoms. The first-order valence-electron chi connectivity index (χ1n) is 10.8. The van der Waals surface area contributed by atoms with Crippen LogP contribution in [0.2, 0.25) is 0 Å². The monoisotopic (exact) mass is 444 g/mol. The Balaban J connectivity index is 1.88. The summed E-state index contributed by atoms with van der Waals surface area (Å²) in [5.41, 5.74) is 2.30. The number of sulfonamides is 1. The number of carbonyl (C=O) groups is 1. The van der Waals surface area contributed by atoms with Gasteiger partial charge in [0.1, 0.15) is 5.75 Å². The molecule has 1 N–H and O–H groups in total. The third kappa shape index (κ3) is 5.46. The Kier molecular flexibility index (Phi) is 7.38. The molecule has 1 atom stereocenters. The molecule has 0 unspecified atom stereocenters. The number of likely N-dealkylation sites (tertiary alicyclic amines) is 1. The van der Waals surface area contributed by atoms with E-state index in [1.54, 1.807) is 11.0 Å². The molecule has 0 spiro atoms. The molecule has 1 aliphatic heterocycles. The van der Waals surface area contributed by atoms with Gasteiger partial charge in [0.15, 0.2) is 0 Å². The predicted octanol–water partition coefficient (Wildman–Crippen LogP) is 4.31. The van der Waals surface area contributed by atoms with Gasteiger partial charge in [-0.15, -0.1) is 0 Å². The Morgan fingerprint density at radius 3 is 2.39 bits per heavy atom. The van der Waals surface area contributed by atoms with Crippen molar-refractivity contribution in [3.8, 4) is 5.75 Å². The molecular formula is C24H32N2O4S. The lowest BCUT2D eigenvalue weighted by Crippen LogP contribution is -2.38. The second kappa shape index (κ2) is 9.83. The maximum Gasteiger partial charge on any atom is 0.257 e. The summed E-state index contributed by atoms with van der Waals surface area (Å²) in [6.45, 7) is 7.45. The van der Waals surface area contributed by atoms with Crippen LogP contribution in [0.25, 0.3) is 0 Å². The highest BCUT2D eigenvalue weighted by Gasteiger charge is 2.27. The molecule has 7 heteroatoms. The van der Waals surface area contributed by atoms with Crippen LogP contribution in [0.3, 0.4) is 0 Å². The fraction of sp³-hybridized carbons (Fsp3) is 0.458. The van der Waals surface area contributed by atoms with Gasteiger partial charge < -0.3 is 9.64 Å². The fourth-order valence-electron chi connectivity index (χ4n) is 3.84. The molecule has 6 nitrogen and oxygen atoms in total. The second-order valence-corrected chi connectivity index (χ2v) is 10.0. The van der Waals surface area contributed by atoms with Gasteiger partial charge in [-0.2, -0.15) is 0 Å². The van der Waals surface area contributed by atoms with Gasteiger partial charge in [-0.25, -0.2) is 13.1 Å². The zero-order chi connectivity index (χ0) is 22.6. The van der Waals surface area contributed by atoms with Crippen LogP contribution in [0.5, 0.6) is 5.75 Å². The number of piperidine rings is 1. The molecule has 0 bridgehead atoms. The van der Waals surface area contributed by atoms with Crippen LogP contribution < -0.4 is 9.46 Å². The van der Waals surface area contributed by atoms with Crippen molar-refractivity contribution < 1.29 is 17.9 Å². The van der Waals surface area contributed by atoms with Crippen LogP contribution in [0, 0.1) is 12.8 Å². The number of nitrogens with zero attached hydrogens (tertiary/aromatic N) is 1.